The Labute approximate surface area is 184 Å². The molecule has 3 rings (SSSR count). The zero-order valence-corrected chi connectivity index (χ0v) is 19.2. The van der Waals surface area contributed by atoms with E-state index in [0.717, 1.165) is 60.7 Å². The van der Waals surface area contributed by atoms with Crippen LogP contribution >= 0.6 is 12.2 Å². The van der Waals surface area contributed by atoms with Gasteiger partial charge < -0.3 is 9.88 Å². The normalized spacial score (nSPS) is 15.4. The molecule has 1 amide bonds. The summed E-state index contributed by atoms with van der Waals surface area (Å²) in [5.41, 5.74) is 3.13. The standard InChI is InChI=1S/C22H34N6OS/c1-4-5-6-10-27-16-23-28(22(27)30)17-26-13-11-25(12-14-26)15-20(29)24-21-18(2)8-7-9-19(21)3/h7-9,16H,4-6,10-15,17H2,1-3H3,(H,24,29). The predicted molar refractivity (Wildman–Crippen MR) is 123 cm³/mol. The molecular formula is C22H34N6OS. The van der Waals surface area contributed by atoms with Crippen LogP contribution in [0.5, 0.6) is 0 Å². The monoisotopic (exact) mass is 430 g/mol. The fourth-order valence-electron chi connectivity index (χ4n) is 3.83. The zero-order chi connectivity index (χ0) is 21.5. The molecule has 8 heteroatoms. The molecule has 1 aromatic carbocycles. The number of amides is 1. The van der Waals surface area contributed by atoms with Gasteiger partial charge in [-0.25, -0.2) is 4.68 Å². The number of rotatable bonds is 9. The molecule has 0 aliphatic carbocycles. The van der Waals surface area contributed by atoms with Crippen molar-refractivity contribution in [2.45, 2.75) is 53.2 Å². The average Bonchev–Trinajstić information content (AvgIpc) is 3.06. The number of unbranched alkanes of at least 4 members (excludes halogenated alkanes) is 2. The van der Waals surface area contributed by atoms with Crippen molar-refractivity contribution in [1.82, 2.24) is 24.1 Å². The summed E-state index contributed by atoms with van der Waals surface area (Å²) in [4.78, 5) is 17.1. The summed E-state index contributed by atoms with van der Waals surface area (Å²) in [5.74, 6) is 0.0499. The van der Waals surface area contributed by atoms with Crippen molar-refractivity contribution in [3.8, 4) is 0 Å². The Bertz CT molecular complexity index is 877. The Morgan fingerprint density at radius 3 is 2.43 bits per heavy atom. The number of aromatic nitrogens is 3. The minimum absolute atomic E-state index is 0.0499. The summed E-state index contributed by atoms with van der Waals surface area (Å²) in [6.45, 7) is 11.9. The lowest BCUT2D eigenvalue weighted by Gasteiger charge is -2.34. The second kappa shape index (κ2) is 10.8. The number of hydrogen-bond acceptors (Lipinski definition) is 5. The van der Waals surface area contributed by atoms with Gasteiger partial charge in [-0.1, -0.05) is 38.0 Å². The molecule has 1 aliphatic heterocycles. The highest BCUT2D eigenvalue weighted by Crippen LogP contribution is 2.19. The maximum Gasteiger partial charge on any atom is 0.238 e. The van der Waals surface area contributed by atoms with Crippen molar-refractivity contribution in [3.63, 3.8) is 0 Å². The number of piperazine rings is 1. The van der Waals surface area contributed by atoms with E-state index < -0.39 is 0 Å². The van der Waals surface area contributed by atoms with Crippen molar-refractivity contribution < 1.29 is 4.79 Å². The molecule has 0 radical (unpaired) electrons. The van der Waals surface area contributed by atoms with Crippen LogP contribution in [0.3, 0.4) is 0 Å². The van der Waals surface area contributed by atoms with E-state index in [1.807, 2.05) is 43.1 Å². The van der Waals surface area contributed by atoms with Crippen LogP contribution in [0.1, 0.15) is 37.3 Å². The first-order valence-corrected chi connectivity index (χ1v) is 11.3. The first-order valence-electron chi connectivity index (χ1n) is 10.9. The molecule has 0 bridgehead atoms. The first kappa shape index (κ1) is 22.7. The summed E-state index contributed by atoms with van der Waals surface area (Å²) in [5, 5.41) is 7.56. The number of para-hydroxylation sites is 1. The van der Waals surface area contributed by atoms with Gasteiger partial charge in [-0.2, -0.15) is 5.10 Å². The summed E-state index contributed by atoms with van der Waals surface area (Å²) in [7, 11) is 0. The maximum absolute atomic E-state index is 12.5. The molecule has 1 fully saturated rings. The van der Waals surface area contributed by atoms with Crippen LogP contribution in [-0.2, 0) is 18.0 Å². The van der Waals surface area contributed by atoms with E-state index in [1.54, 1.807) is 0 Å². The molecule has 164 valence electrons. The molecule has 2 aromatic rings. The fraction of sp³-hybridized carbons (Fsp3) is 0.591. The third kappa shape index (κ3) is 6.00. The number of benzene rings is 1. The topological polar surface area (TPSA) is 58.3 Å². The van der Waals surface area contributed by atoms with E-state index in [9.17, 15) is 4.79 Å². The Morgan fingerprint density at radius 1 is 1.10 bits per heavy atom. The van der Waals surface area contributed by atoms with Crippen LogP contribution in [-0.4, -0.2) is 62.8 Å². The van der Waals surface area contributed by atoms with Crippen molar-refractivity contribution in [2.24, 2.45) is 0 Å². The fourth-order valence-corrected chi connectivity index (χ4v) is 4.07. The van der Waals surface area contributed by atoms with Gasteiger partial charge in [-0.15, -0.1) is 0 Å². The van der Waals surface area contributed by atoms with Crippen molar-refractivity contribution in [2.75, 3.05) is 38.0 Å². The van der Waals surface area contributed by atoms with E-state index >= 15 is 0 Å². The number of carbonyl (C=O) groups is 1. The number of nitrogens with zero attached hydrogens (tertiary/aromatic N) is 5. The Balaban J connectivity index is 1.45. The molecule has 2 heterocycles. The molecule has 0 saturated carbocycles. The molecule has 1 aliphatic rings. The van der Waals surface area contributed by atoms with Gasteiger partial charge >= 0.3 is 0 Å². The SMILES string of the molecule is CCCCCn1cnn(CN2CCN(CC(=O)Nc3c(C)cccc3C)CC2)c1=S. The van der Waals surface area contributed by atoms with Crippen molar-refractivity contribution in [1.29, 1.82) is 0 Å². The van der Waals surface area contributed by atoms with Crippen LogP contribution in [0, 0.1) is 18.6 Å². The second-order valence-corrected chi connectivity index (χ2v) is 8.53. The Hall–Kier alpha value is -2.03. The Kier molecular flexibility index (Phi) is 8.18. The minimum atomic E-state index is 0.0499. The molecule has 0 atom stereocenters. The van der Waals surface area contributed by atoms with E-state index in [1.165, 1.54) is 12.8 Å². The van der Waals surface area contributed by atoms with Crippen LogP contribution < -0.4 is 5.32 Å². The third-order valence-corrected chi connectivity index (χ3v) is 6.16. The molecule has 0 spiro atoms. The third-order valence-electron chi connectivity index (χ3n) is 5.71. The van der Waals surface area contributed by atoms with Crippen LogP contribution in [0.4, 0.5) is 5.69 Å². The van der Waals surface area contributed by atoms with E-state index in [0.29, 0.717) is 13.2 Å². The molecule has 30 heavy (non-hydrogen) atoms. The quantitative estimate of drug-likeness (QED) is 0.488. The Morgan fingerprint density at radius 2 is 1.77 bits per heavy atom. The second-order valence-electron chi connectivity index (χ2n) is 8.16. The van der Waals surface area contributed by atoms with Gasteiger partial charge in [0.1, 0.15) is 6.33 Å². The van der Waals surface area contributed by atoms with Gasteiger partial charge in [-0.3, -0.25) is 14.6 Å². The van der Waals surface area contributed by atoms with Gasteiger partial charge in [0.05, 0.1) is 13.2 Å². The van der Waals surface area contributed by atoms with Gasteiger partial charge in [0, 0.05) is 38.4 Å². The smallest absolute Gasteiger partial charge is 0.238 e. The van der Waals surface area contributed by atoms with Gasteiger partial charge in [0.15, 0.2) is 4.77 Å². The maximum atomic E-state index is 12.5. The van der Waals surface area contributed by atoms with E-state index in [2.05, 4.69) is 31.7 Å². The molecular weight excluding hydrogens is 396 g/mol. The van der Waals surface area contributed by atoms with Gasteiger partial charge in [0.2, 0.25) is 5.91 Å². The number of aryl methyl sites for hydroxylation is 3. The van der Waals surface area contributed by atoms with Crippen LogP contribution in [0.2, 0.25) is 0 Å². The predicted octanol–water partition coefficient (Wildman–Crippen LogP) is 3.43. The van der Waals surface area contributed by atoms with E-state index in [-0.39, 0.29) is 5.91 Å². The molecule has 0 unspecified atom stereocenters. The minimum Gasteiger partial charge on any atom is -0.324 e. The number of nitrogens with one attached hydrogen (secondary N) is 1. The zero-order valence-electron chi connectivity index (χ0n) is 18.4. The number of hydrogen-bond donors (Lipinski definition) is 1. The summed E-state index contributed by atoms with van der Waals surface area (Å²) in [6, 6.07) is 6.06. The average molecular weight is 431 g/mol. The number of anilines is 1. The lowest BCUT2D eigenvalue weighted by atomic mass is 10.1. The highest BCUT2D eigenvalue weighted by Gasteiger charge is 2.20. The van der Waals surface area contributed by atoms with Crippen molar-refractivity contribution in [3.05, 3.63) is 40.4 Å². The largest absolute Gasteiger partial charge is 0.324 e. The summed E-state index contributed by atoms with van der Waals surface area (Å²) >= 11 is 5.58. The molecule has 1 aromatic heterocycles. The molecule has 1 saturated heterocycles. The molecule has 7 nitrogen and oxygen atoms in total. The lowest BCUT2D eigenvalue weighted by Crippen LogP contribution is -2.49. The highest BCUT2D eigenvalue weighted by molar-refractivity contribution is 7.71. The van der Waals surface area contributed by atoms with Crippen LogP contribution in [0.15, 0.2) is 24.5 Å². The van der Waals surface area contributed by atoms with Gasteiger partial charge in [0.25, 0.3) is 0 Å². The number of carbonyl (C=O) groups excluding carboxylic acids is 1. The van der Waals surface area contributed by atoms with Gasteiger partial charge in [-0.05, 0) is 43.6 Å². The highest BCUT2D eigenvalue weighted by atomic mass is 32.1. The summed E-state index contributed by atoms with van der Waals surface area (Å²) in [6.07, 6.45) is 5.41. The van der Waals surface area contributed by atoms with E-state index in [4.69, 9.17) is 12.2 Å². The lowest BCUT2D eigenvalue weighted by molar-refractivity contribution is -0.117. The van der Waals surface area contributed by atoms with Crippen molar-refractivity contribution >= 4 is 23.8 Å². The first-order chi connectivity index (χ1) is 14.5. The summed E-state index contributed by atoms with van der Waals surface area (Å²) < 4.78 is 4.77. The van der Waals surface area contributed by atoms with Crippen LogP contribution in [0.25, 0.3) is 0 Å². The molecule has 1 N–H and O–H groups in total.